The number of nitrogens with zero attached hydrogens (tertiary/aromatic N) is 1. The van der Waals surface area contributed by atoms with E-state index in [1.54, 1.807) is 0 Å². The number of carbonyl (C=O) groups is 1. The van der Waals surface area contributed by atoms with Crippen LogP contribution in [0.3, 0.4) is 0 Å². The monoisotopic (exact) mass is 138 g/mol. The highest BCUT2D eigenvalue weighted by atomic mass is 16.2. The van der Waals surface area contributed by atoms with Crippen LogP contribution in [0, 0.1) is 6.58 Å². The van der Waals surface area contributed by atoms with Crippen molar-refractivity contribution in [2.24, 2.45) is 0 Å². The first-order valence-electron chi connectivity index (χ1n) is 3.66. The zero-order valence-corrected chi connectivity index (χ0v) is 6.05. The van der Waals surface area contributed by atoms with Crippen LogP contribution >= 0.6 is 0 Å². The quantitative estimate of drug-likeness (QED) is 0.557. The van der Waals surface area contributed by atoms with Gasteiger partial charge in [-0.2, -0.15) is 0 Å². The van der Waals surface area contributed by atoms with Gasteiger partial charge >= 0.3 is 0 Å². The molecule has 0 atom stereocenters. The van der Waals surface area contributed by atoms with Gasteiger partial charge in [-0.25, -0.2) is 0 Å². The number of hydrogen-bond donors (Lipinski definition) is 0. The van der Waals surface area contributed by atoms with Gasteiger partial charge in [0, 0.05) is 19.5 Å². The zero-order chi connectivity index (χ0) is 7.40. The number of carbonyl (C=O) groups excluding carboxylic acids is 1. The third-order valence-electron chi connectivity index (χ3n) is 1.75. The standard InChI is InChI=1S/C8H12NO/c1-2-5-8(10)9-6-3-4-7-9/h1-2H,3-7H2. The van der Waals surface area contributed by atoms with Crippen molar-refractivity contribution >= 4 is 5.91 Å². The largest absolute Gasteiger partial charge is 0.342 e. The van der Waals surface area contributed by atoms with Crippen LogP contribution in [0.2, 0.25) is 0 Å². The molecule has 0 unspecified atom stereocenters. The second-order valence-corrected chi connectivity index (χ2v) is 2.53. The first kappa shape index (κ1) is 7.32. The maximum atomic E-state index is 11.1. The van der Waals surface area contributed by atoms with Crippen molar-refractivity contribution in [2.45, 2.75) is 19.3 Å². The Kier molecular flexibility index (Phi) is 2.49. The Morgan fingerprint density at radius 2 is 2.10 bits per heavy atom. The normalized spacial score (nSPS) is 17.4. The first-order valence-corrected chi connectivity index (χ1v) is 3.66. The molecular formula is C8H12NO. The van der Waals surface area contributed by atoms with Gasteiger partial charge in [-0.15, -0.1) is 0 Å². The second-order valence-electron chi connectivity index (χ2n) is 2.53. The van der Waals surface area contributed by atoms with Crippen molar-refractivity contribution < 1.29 is 4.79 Å². The van der Waals surface area contributed by atoms with Crippen molar-refractivity contribution in [1.29, 1.82) is 0 Å². The summed E-state index contributed by atoms with van der Waals surface area (Å²) in [5, 5.41) is 0. The molecule has 0 aromatic heterocycles. The maximum Gasteiger partial charge on any atom is 0.226 e. The summed E-state index contributed by atoms with van der Waals surface area (Å²) in [5.41, 5.74) is 0. The van der Waals surface area contributed by atoms with Crippen LogP contribution < -0.4 is 0 Å². The van der Waals surface area contributed by atoms with Gasteiger partial charge in [0.05, 0.1) is 0 Å². The molecule has 0 aliphatic carbocycles. The zero-order valence-electron chi connectivity index (χ0n) is 6.05. The summed E-state index contributed by atoms with van der Waals surface area (Å²) in [6.45, 7) is 6.97. The van der Waals surface area contributed by atoms with Crippen LogP contribution in [-0.2, 0) is 4.79 Å². The molecule has 1 aliphatic rings. The van der Waals surface area contributed by atoms with Gasteiger partial charge in [0.15, 0.2) is 0 Å². The van der Waals surface area contributed by atoms with Crippen LogP contribution in [0.25, 0.3) is 0 Å². The highest BCUT2D eigenvalue weighted by molar-refractivity contribution is 5.77. The molecule has 0 N–H and O–H groups in total. The Morgan fingerprint density at radius 1 is 1.50 bits per heavy atom. The predicted molar refractivity (Wildman–Crippen MR) is 39.3 cm³/mol. The minimum absolute atomic E-state index is 0.167. The average Bonchev–Trinajstić information content (AvgIpc) is 2.38. The van der Waals surface area contributed by atoms with E-state index >= 15 is 0 Å². The second kappa shape index (κ2) is 3.40. The van der Waals surface area contributed by atoms with Crippen molar-refractivity contribution in [2.75, 3.05) is 13.1 Å². The van der Waals surface area contributed by atoms with Gasteiger partial charge in [-0.05, 0) is 12.8 Å². The minimum atomic E-state index is 0.167. The van der Waals surface area contributed by atoms with Crippen LogP contribution in [0.5, 0.6) is 0 Å². The van der Waals surface area contributed by atoms with Crippen LogP contribution in [0.15, 0.2) is 6.08 Å². The predicted octanol–water partition coefficient (Wildman–Crippen LogP) is 0.988. The Labute approximate surface area is 61.5 Å². The summed E-state index contributed by atoms with van der Waals surface area (Å²) < 4.78 is 0. The molecule has 0 saturated carbocycles. The summed E-state index contributed by atoms with van der Waals surface area (Å²) >= 11 is 0. The van der Waals surface area contributed by atoms with Crippen LogP contribution in [-0.4, -0.2) is 23.9 Å². The number of amides is 1. The molecule has 55 valence electrons. The Morgan fingerprint density at radius 3 is 2.60 bits per heavy atom. The van der Waals surface area contributed by atoms with Gasteiger partial charge in [0.2, 0.25) is 5.91 Å². The highest BCUT2D eigenvalue weighted by Crippen LogP contribution is 2.08. The molecule has 1 amide bonds. The van der Waals surface area contributed by atoms with Gasteiger partial charge in [0.25, 0.3) is 0 Å². The SMILES string of the molecule is [CH]=CCC(=O)N1CCCC1. The highest BCUT2D eigenvalue weighted by Gasteiger charge is 2.15. The van der Waals surface area contributed by atoms with Gasteiger partial charge < -0.3 is 4.90 Å². The summed E-state index contributed by atoms with van der Waals surface area (Å²) in [4.78, 5) is 12.9. The van der Waals surface area contributed by atoms with Gasteiger partial charge in [-0.1, -0.05) is 12.7 Å². The first-order chi connectivity index (χ1) is 4.84. The van der Waals surface area contributed by atoms with E-state index in [0.29, 0.717) is 6.42 Å². The lowest BCUT2D eigenvalue weighted by Crippen LogP contribution is -2.26. The van der Waals surface area contributed by atoms with Gasteiger partial charge in [-0.3, -0.25) is 4.79 Å². The third-order valence-corrected chi connectivity index (χ3v) is 1.75. The summed E-state index contributed by atoms with van der Waals surface area (Å²) in [5.74, 6) is 0.167. The Hall–Kier alpha value is -0.790. The topological polar surface area (TPSA) is 20.3 Å². The molecule has 0 spiro atoms. The molecule has 2 nitrogen and oxygen atoms in total. The lowest BCUT2D eigenvalue weighted by Gasteiger charge is -2.12. The lowest BCUT2D eigenvalue weighted by molar-refractivity contribution is -0.129. The van der Waals surface area contributed by atoms with Crippen LogP contribution in [0.1, 0.15) is 19.3 Å². The third kappa shape index (κ3) is 1.59. The Balaban J connectivity index is 2.32. The molecule has 2 heteroatoms. The maximum absolute atomic E-state index is 11.1. The van der Waals surface area contributed by atoms with E-state index in [0.717, 1.165) is 25.9 Å². The van der Waals surface area contributed by atoms with Crippen molar-refractivity contribution in [3.63, 3.8) is 0 Å². The molecule has 0 aromatic carbocycles. The van der Waals surface area contributed by atoms with E-state index in [-0.39, 0.29) is 5.91 Å². The van der Waals surface area contributed by atoms with E-state index in [2.05, 4.69) is 0 Å². The molecule has 1 fully saturated rings. The fourth-order valence-electron chi connectivity index (χ4n) is 1.20. The molecule has 1 heterocycles. The van der Waals surface area contributed by atoms with E-state index < -0.39 is 0 Å². The minimum Gasteiger partial charge on any atom is -0.342 e. The fourth-order valence-corrected chi connectivity index (χ4v) is 1.20. The molecular weight excluding hydrogens is 126 g/mol. The fraction of sp³-hybridized carbons (Fsp3) is 0.625. The molecule has 0 bridgehead atoms. The van der Waals surface area contributed by atoms with Crippen molar-refractivity contribution in [3.8, 4) is 0 Å². The van der Waals surface area contributed by atoms with E-state index in [1.165, 1.54) is 6.08 Å². The number of rotatable bonds is 2. The lowest BCUT2D eigenvalue weighted by atomic mass is 10.4. The summed E-state index contributed by atoms with van der Waals surface area (Å²) in [6.07, 6.45) is 4.10. The Bertz CT molecular complexity index is 136. The number of likely N-dealkylation sites (tertiary alicyclic amines) is 1. The van der Waals surface area contributed by atoms with E-state index in [4.69, 9.17) is 6.58 Å². The molecule has 1 rings (SSSR count). The molecule has 1 aliphatic heterocycles. The van der Waals surface area contributed by atoms with E-state index in [1.807, 2.05) is 4.90 Å². The molecule has 1 radical (unpaired) electrons. The summed E-state index contributed by atoms with van der Waals surface area (Å²) in [7, 11) is 0. The molecule has 0 aromatic rings. The van der Waals surface area contributed by atoms with E-state index in [9.17, 15) is 4.79 Å². The van der Waals surface area contributed by atoms with Crippen LogP contribution in [0.4, 0.5) is 0 Å². The summed E-state index contributed by atoms with van der Waals surface area (Å²) in [6, 6.07) is 0. The smallest absolute Gasteiger partial charge is 0.226 e. The average molecular weight is 138 g/mol. The molecule has 10 heavy (non-hydrogen) atoms. The number of hydrogen-bond acceptors (Lipinski definition) is 1. The van der Waals surface area contributed by atoms with Gasteiger partial charge in [0.1, 0.15) is 0 Å². The molecule has 1 saturated heterocycles. The van der Waals surface area contributed by atoms with Crippen molar-refractivity contribution in [1.82, 2.24) is 4.90 Å². The van der Waals surface area contributed by atoms with Crippen molar-refractivity contribution in [3.05, 3.63) is 12.7 Å².